The van der Waals surface area contributed by atoms with Crippen molar-refractivity contribution in [1.29, 1.82) is 0 Å². The summed E-state index contributed by atoms with van der Waals surface area (Å²) in [5, 5.41) is 3.30. The molecule has 1 saturated heterocycles. The van der Waals surface area contributed by atoms with Gasteiger partial charge in [-0.2, -0.15) is 4.31 Å². The summed E-state index contributed by atoms with van der Waals surface area (Å²) >= 11 is 0. The number of piperidine rings is 1. The lowest BCUT2D eigenvalue weighted by Crippen LogP contribution is -2.35. The molecule has 0 radical (unpaired) electrons. The van der Waals surface area contributed by atoms with Crippen molar-refractivity contribution in [2.75, 3.05) is 32.1 Å². The average Bonchev–Trinajstić information content (AvgIpc) is 3.27. The summed E-state index contributed by atoms with van der Waals surface area (Å²) in [6, 6.07) is 13.0. The highest BCUT2D eigenvalue weighted by Crippen LogP contribution is 2.31. The van der Waals surface area contributed by atoms with E-state index in [4.69, 9.17) is 13.9 Å². The van der Waals surface area contributed by atoms with Crippen LogP contribution in [-0.2, 0) is 19.6 Å². The van der Waals surface area contributed by atoms with Gasteiger partial charge < -0.3 is 19.2 Å². The topological polar surface area (TPSA) is 115 Å². The molecular formula is C23H24N2O7S. The molecule has 1 fully saturated rings. The number of hydrogen-bond acceptors (Lipinski definition) is 7. The molecule has 0 unspecified atom stereocenters. The van der Waals surface area contributed by atoms with Crippen molar-refractivity contribution in [3.63, 3.8) is 0 Å². The first-order valence-corrected chi connectivity index (χ1v) is 12.0. The Labute approximate surface area is 191 Å². The molecule has 1 aliphatic rings. The number of carbonyl (C=O) groups is 2. The van der Waals surface area contributed by atoms with E-state index < -0.39 is 28.5 Å². The number of sulfonamides is 1. The number of fused-ring (bicyclic) bond motifs is 1. The number of para-hydroxylation sites is 1. The van der Waals surface area contributed by atoms with Gasteiger partial charge in [-0.05, 0) is 43.2 Å². The van der Waals surface area contributed by atoms with E-state index in [1.165, 1.54) is 35.7 Å². The fraction of sp³-hybridized carbons (Fsp3) is 0.304. The lowest BCUT2D eigenvalue weighted by Gasteiger charge is -2.26. The maximum absolute atomic E-state index is 13.1. The number of rotatable bonds is 7. The van der Waals surface area contributed by atoms with E-state index >= 15 is 0 Å². The van der Waals surface area contributed by atoms with E-state index in [1.807, 2.05) is 6.07 Å². The van der Waals surface area contributed by atoms with Crippen LogP contribution in [0.3, 0.4) is 0 Å². The summed E-state index contributed by atoms with van der Waals surface area (Å²) in [5.74, 6) is -1.21. The van der Waals surface area contributed by atoms with E-state index in [1.54, 1.807) is 18.2 Å². The number of furan rings is 1. The molecule has 1 amide bonds. The van der Waals surface area contributed by atoms with Crippen LogP contribution in [0.1, 0.15) is 29.8 Å². The molecule has 10 heteroatoms. The zero-order valence-electron chi connectivity index (χ0n) is 18.1. The first-order valence-electron chi connectivity index (χ1n) is 10.5. The molecule has 1 N–H and O–H groups in total. The highest BCUT2D eigenvalue weighted by molar-refractivity contribution is 7.89. The Kier molecular flexibility index (Phi) is 6.66. The van der Waals surface area contributed by atoms with Crippen LogP contribution in [0.4, 0.5) is 5.69 Å². The number of anilines is 1. The third-order valence-corrected chi connectivity index (χ3v) is 7.26. The summed E-state index contributed by atoms with van der Waals surface area (Å²) < 4.78 is 43.3. The minimum Gasteiger partial charge on any atom is -0.495 e. The van der Waals surface area contributed by atoms with Gasteiger partial charge in [0.25, 0.3) is 5.91 Å². The van der Waals surface area contributed by atoms with Crippen molar-refractivity contribution in [1.82, 2.24) is 4.31 Å². The van der Waals surface area contributed by atoms with E-state index in [9.17, 15) is 18.0 Å². The Balaban J connectivity index is 1.43. The minimum absolute atomic E-state index is 0.0108. The Bertz CT molecular complexity index is 1240. The SMILES string of the molecule is COc1ccc(NC(=O)COC(=O)c2cc3ccccc3o2)cc1S(=O)(=O)N1CCCCC1. The molecule has 0 bridgehead atoms. The highest BCUT2D eigenvalue weighted by Gasteiger charge is 2.29. The van der Waals surface area contributed by atoms with Gasteiger partial charge in [0.05, 0.1) is 7.11 Å². The van der Waals surface area contributed by atoms with Gasteiger partial charge in [-0.1, -0.05) is 24.6 Å². The predicted octanol–water partition coefficient (Wildman–Crippen LogP) is 3.41. The van der Waals surface area contributed by atoms with Crippen LogP contribution >= 0.6 is 0 Å². The number of ether oxygens (including phenoxy) is 2. The van der Waals surface area contributed by atoms with E-state index in [0.717, 1.165) is 24.6 Å². The second kappa shape index (κ2) is 9.63. The second-order valence-corrected chi connectivity index (χ2v) is 9.51. The molecule has 33 heavy (non-hydrogen) atoms. The number of esters is 1. The molecule has 0 aliphatic carbocycles. The van der Waals surface area contributed by atoms with Crippen LogP contribution in [0.15, 0.2) is 57.8 Å². The minimum atomic E-state index is -3.78. The lowest BCUT2D eigenvalue weighted by atomic mass is 10.2. The number of nitrogens with zero attached hydrogens (tertiary/aromatic N) is 1. The third kappa shape index (κ3) is 5.01. The van der Waals surface area contributed by atoms with Gasteiger partial charge in [-0.3, -0.25) is 4.79 Å². The van der Waals surface area contributed by atoms with Gasteiger partial charge in [0.2, 0.25) is 15.8 Å². The molecule has 174 valence electrons. The fourth-order valence-corrected chi connectivity index (χ4v) is 5.38. The summed E-state index contributed by atoms with van der Waals surface area (Å²) in [4.78, 5) is 24.5. The van der Waals surface area contributed by atoms with Gasteiger partial charge in [-0.15, -0.1) is 0 Å². The summed E-state index contributed by atoms with van der Waals surface area (Å²) in [7, 11) is -2.39. The first kappa shape index (κ1) is 22.8. The smallest absolute Gasteiger partial charge is 0.374 e. The Morgan fingerprint density at radius 1 is 1.06 bits per heavy atom. The molecule has 2 aromatic carbocycles. The second-order valence-electron chi connectivity index (χ2n) is 7.60. The molecule has 1 aliphatic heterocycles. The van der Waals surface area contributed by atoms with Crippen LogP contribution in [0, 0.1) is 0 Å². The van der Waals surface area contributed by atoms with Gasteiger partial charge in [0, 0.05) is 24.2 Å². The Morgan fingerprint density at radius 3 is 2.55 bits per heavy atom. The van der Waals surface area contributed by atoms with Crippen LogP contribution < -0.4 is 10.1 Å². The largest absolute Gasteiger partial charge is 0.495 e. The van der Waals surface area contributed by atoms with Gasteiger partial charge in [0.1, 0.15) is 16.2 Å². The van der Waals surface area contributed by atoms with Crippen LogP contribution in [0.5, 0.6) is 5.75 Å². The molecule has 0 saturated carbocycles. The number of benzene rings is 2. The molecule has 3 aromatic rings. The zero-order valence-corrected chi connectivity index (χ0v) is 18.9. The zero-order chi connectivity index (χ0) is 23.4. The summed E-state index contributed by atoms with van der Waals surface area (Å²) in [5.41, 5.74) is 0.783. The lowest BCUT2D eigenvalue weighted by molar-refractivity contribution is -0.119. The van der Waals surface area contributed by atoms with Crippen molar-refractivity contribution >= 4 is 38.6 Å². The number of hydrogen-bond donors (Lipinski definition) is 1. The molecular weight excluding hydrogens is 448 g/mol. The number of nitrogens with one attached hydrogen (secondary N) is 1. The van der Waals surface area contributed by atoms with Crippen LogP contribution in [-0.4, -0.2) is 51.4 Å². The van der Waals surface area contributed by atoms with Crippen LogP contribution in [0.25, 0.3) is 11.0 Å². The van der Waals surface area contributed by atoms with Crippen molar-refractivity contribution in [3.8, 4) is 5.75 Å². The molecule has 0 atom stereocenters. The third-order valence-electron chi connectivity index (χ3n) is 5.34. The molecule has 2 heterocycles. The normalized spacial score (nSPS) is 14.7. The average molecular weight is 473 g/mol. The van der Waals surface area contributed by atoms with Crippen molar-refractivity contribution in [2.24, 2.45) is 0 Å². The molecule has 1 aromatic heterocycles. The molecule has 9 nitrogen and oxygen atoms in total. The monoisotopic (exact) mass is 472 g/mol. The molecule has 0 spiro atoms. The fourth-order valence-electron chi connectivity index (χ4n) is 3.68. The summed E-state index contributed by atoms with van der Waals surface area (Å²) in [6.45, 7) is 0.329. The molecule has 4 rings (SSSR count). The van der Waals surface area contributed by atoms with Crippen molar-refractivity contribution in [2.45, 2.75) is 24.2 Å². The van der Waals surface area contributed by atoms with E-state index in [2.05, 4.69) is 5.32 Å². The number of carbonyl (C=O) groups excluding carboxylic acids is 2. The van der Waals surface area contributed by atoms with Gasteiger partial charge >= 0.3 is 5.97 Å². The van der Waals surface area contributed by atoms with Crippen molar-refractivity contribution < 1.29 is 31.9 Å². The first-order chi connectivity index (χ1) is 15.9. The van der Waals surface area contributed by atoms with E-state index in [0.29, 0.717) is 18.7 Å². The summed E-state index contributed by atoms with van der Waals surface area (Å²) in [6.07, 6.45) is 2.59. The van der Waals surface area contributed by atoms with Gasteiger partial charge in [-0.25, -0.2) is 13.2 Å². The number of amides is 1. The maximum Gasteiger partial charge on any atom is 0.374 e. The van der Waals surface area contributed by atoms with E-state index in [-0.39, 0.29) is 22.1 Å². The predicted molar refractivity (Wildman–Crippen MR) is 121 cm³/mol. The Morgan fingerprint density at radius 2 is 1.82 bits per heavy atom. The quantitative estimate of drug-likeness (QED) is 0.524. The van der Waals surface area contributed by atoms with Crippen LogP contribution in [0.2, 0.25) is 0 Å². The Hall–Kier alpha value is -3.37. The standard InChI is InChI=1S/C23H24N2O7S/c1-30-19-10-9-17(14-21(19)33(28,29)25-11-5-2-6-12-25)24-22(26)15-31-23(27)20-13-16-7-3-4-8-18(16)32-20/h3-4,7-10,13-14H,2,5-6,11-12,15H2,1H3,(H,24,26). The maximum atomic E-state index is 13.1. The van der Waals surface area contributed by atoms with Gasteiger partial charge in [0.15, 0.2) is 6.61 Å². The van der Waals surface area contributed by atoms with Crippen molar-refractivity contribution in [3.05, 3.63) is 54.3 Å². The number of methoxy groups -OCH3 is 1. The highest BCUT2D eigenvalue weighted by atomic mass is 32.2.